The molecule has 0 amide bonds. The van der Waals surface area contributed by atoms with Crippen molar-refractivity contribution in [3.05, 3.63) is 59.7 Å². The van der Waals surface area contributed by atoms with Crippen LogP contribution >= 0.6 is 21.6 Å². The first-order chi connectivity index (χ1) is 11.1. The minimum absolute atomic E-state index is 0.384. The van der Waals surface area contributed by atoms with Gasteiger partial charge in [-0.15, -0.1) is 0 Å². The van der Waals surface area contributed by atoms with E-state index < -0.39 is 0 Å². The van der Waals surface area contributed by atoms with Crippen LogP contribution in [0, 0.1) is 0 Å². The SMILES string of the molecule is CCC(C)N.O=Cc1ccccc1SSc1ccccc1C=O. The zero-order valence-electron chi connectivity index (χ0n) is 13.3. The summed E-state index contributed by atoms with van der Waals surface area (Å²) < 4.78 is 0. The predicted octanol–water partition coefficient (Wildman–Crippen LogP) is 4.85. The monoisotopic (exact) mass is 347 g/mol. The van der Waals surface area contributed by atoms with Gasteiger partial charge in [-0.1, -0.05) is 64.9 Å². The van der Waals surface area contributed by atoms with Crippen LogP contribution in [0.5, 0.6) is 0 Å². The Kier molecular flexibility index (Phi) is 9.36. The van der Waals surface area contributed by atoms with E-state index in [1.165, 1.54) is 21.6 Å². The molecule has 0 saturated carbocycles. The summed E-state index contributed by atoms with van der Waals surface area (Å²) in [6, 6.07) is 15.2. The van der Waals surface area contributed by atoms with Crippen LogP contribution in [0.3, 0.4) is 0 Å². The maximum absolute atomic E-state index is 10.9. The zero-order chi connectivity index (χ0) is 17.1. The molecule has 3 nitrogen and oxygen atoms in total. The molecule has 0 spiro atoms. The molecule has 0 saturated heterocycles. The van der Waals surface area contributed by atoms with Crippen LogP contribution in [-0.2, 0) is 0 Å². The third kappa shape index (κ3) is 7.03. The van der Waals surface area contributed by atoms with E-state index in [1.54, 1.807) is 12.1 Å². The van der Waals surface area contributed by atoms with Crippen molar-refractivity contribution >= 4 is 34.2 Å². The van der Waals surface area contributed by atoms with Gasteiger partial charge >= 0.3 is 0 Å². The van der Waals surface area contributed by atoms with Crippen LogP contribution in [0.2, 0.25) is 0 Å². The lowest BCUT2D eigenvalue weighted by atomic mass is 10.2. The average Bonchev–Trinajstić information content (AvgIpc) is 2.60. The van der Waals surface area contributed by atoms with Crippen LogP contribution in [0.15, 0.2) is 58.3 Å². The molecule has 2 rings (SSSR count). The van der Waals surface area contributed by atoms with Gasteiger partial charge in [-0.05, 0) is 25.5 Å². The molecule has 0 aromatic heterocycles. The van der Waals surface area contributed by atoms with Crippen molar-refractivity contribution < 1.29 is 9.59 Å². The summed E-state index contributed by atoms with van der Waals surface area (Å²) in [6.45, 7) is 4.07. The maximum Gasteiger partial charge on any atom is 0.151 e. The van der Waals surface area contributed by atoms with Gasteiger partial charge in [0.05, 0.1) is 0 Å². The van der Waals surface area contributed by atoms with Gasteiger partial charge in [0, 0.05) is 27.0 Å². The van der Waals surface area contributed by atoms with E-state index in [9.17, 15) is 9.59 Å². The van der Waals surface area contributed by atoms with Crippen LogP contribution in [0.1, 0.15) is 41.0 Å². The molecule has 0 heterocycles. The summed E-state index contributed by atoms with van der Waals surface area (Å²) >= 11 is 0. The molecular weight excluding hydrogens is 326 g/mol. The van der Waals surface area contributed by atoms with Crippen LogP contribution < -0.4 is 5.73 Å². The molecule has 0 radical (unpaired) electrons. The quantitative estimate of drug-likeness (QED) is 0.597. The molecule has 23 heavy (non-hydrogen) atoms. The number of nitrogens with two attached hydrogens (primary N) is 1. The largest absolute Gasteiger partial charge is 0.328 e. The van der Waals surface area contributed by atoms with Gasteiger partial charge in [-0.25, -0.2) is 0 Å². The van der Waals surface area contributed by atoms with Crippen molar-refractivity contribution in [3.8, 4) is 0 Å². The average molecular weight is 348 g/mol. The summed E-state index contributed by atoms with van der Waals surface area (Å²) in [5, 5.41) is 0. The van der Waals surface area contributed by atoms with Crippen molar-refractivity contribution in [2.24, 2.45) is 5.73 Å². The number of rotatable bonds is 6. The molecule has 1 atom stereocenters. The van der Waals surface area contributed by atoms with Gasteiger partial charge in [0.15, 0.2) is 12.6 Å². The fourth-order valence-corrected chi connectivity index (χ4v) is 3.72. The molecule has 2 aromatic carbocycles. The van der Waals surface area contributed by atoms with Crippen LogP contribution in [0.25, 0.3) is 0 Å². The third-order valence-electron chi connectivity index (χ3n) is 2.96. The van der Waals surface area contributed by atoms with Crippen molar-refractivity contribution in [1.29, 1.82) is 0 Å². The molecule has 5 heteroatoms. The second kappa shape index (κ2) is 11.0. The highest BCUT2D eigenvalue weighted by molar-refractivity contribution is 8.76. The van der Waals surface area contributed by atoms with E-state index in [1.807, 2.05) is 43.3 Å². The highest BCUT2D eigenvalue weighted by Gasteiger charge is 2.05. The first kappa shape index (κ1) is 19.5. The van der Waals surface area contributed by atoms with Crippen molar-refractivity contribution in [3.63, 3.8) is 0 Å². The fraction of sp³-hybridized carbons (Fsp3) is 0.222. The molecule has 122 valence electrons. The summed E-state index contributed by atoms with van der Waals surface area (Å²) in [5.41, 5.74) is 6.62. The van der Waals surface area contributed by atoms with Crippen LogP contribution in [-0.4, -0.2) is 18.6 Å². The van der Waals surface area contributed by atoms with Gasteiger partial charge in [0.2, 0.25) is 0 Å². The number of benzene rings is 2. The van der Waals surface area contributed by atoms with Gasteiger partial charge < -0.3 is 5.73 Å². The Bertz CT molecular complexity index is 578. The summed E-state index contributed by atoms with van der Waals surface area (Å²) in [5.74, 6) is 0. The smallest absolute Gasteiger partial charge is 0.151 e. The Morgan fingerprint density at radius 1 is 0.913 bits per heavy atom. The van der Waals surface area contributed by atoms with Crippen molar-refractivity contribution in [2.45, 2.75) is 36.1 Å². The topological polar surface area (TPSA) is 60.2 Å². The molecule has 0 aliphatic heterocycles. The molecule has 0 bridgehead atoms. The lowest BCUT2D eigenvalue weighted by Crippen LogP contribution is -2.11. The zero-order valence-corrected chi connectivity index (χ0v) is 14.9. The summed E-state index contributed by atoms with van der Waals surface area (Å²) in [4.78, 5) is 23.6. The normalized spacial score (nSPS) is 11.1. The highest BCUT2D eigenvalue weighted by atomic mass is 33.1. The maximum atomic E-state index is 10.9. The number of carbonyl (C=O) groups excluding carboxylic acids is 2. The third-order valence-corrected chi connectivity index (χ3v) is 5.47. The molecule has 0 aliphatic rings. The number of hydrogen-bond donors (Lipinski definition) is 1. The lowest BCUT2D eigenvalue weighted by molar-refractivity contribution is 0.111. The molecule has 0 fully saturated rings. The minimum Gasteiger partial charge on any atom is -0.328 e. The summed E-state index contributed by atoms with van der Waals surface area (Å²) in [7, 11) is 2.96. The standard InChI is InChI=1S/C14H10O2S2.C4H11N/c15-9-11-5-1-3-7-13(11)17-18-14-8-4-2-6-12(14)10-16;1-3-4(2)5/h1-10H;4H,3,5H2,1-2H3. The molecule has 1 unspecified atom stereocenters. The summed E-state index contributed by atoms with van der Waals surface area (Å²) in [6.07, 6.45) is 2.77. The van der Waals surface area contributed by atoms with Gasteiger partial charge in [0.1, 0.15) is 0 Å². The Balaban J connectivity index is 0.000000463. The molecule has 2 aromatic rings. The lowest BCUT2D eigenvalue weighted by Gasteiger charge is -2.05. The number of carbonyl (C=O) groups is 2. The second-order valence-electron chi connectivity index (χ2n) is 4.86. The van der Waals surface area contributed by atoms with Gasteiger partial charge in [-0.3, -0.25) is 9.59 Å². The number of aldehydes is 2. The molecule has 0 aliphatic carbocycles. The molecule has 2 N–H and O–H groups in total. The first-order valence-corrected chi connectivity index (χ1v) is 9.45. The van der Waals surface area contributed by atoms with Crippen molar-refractivity contribution in [1.82, 2.24) is 0 Å². The van der Waals surface area contributed by atoms with Crippen LogP contribution in [0.4, 0.5) is 0 Å². The van der Waals surface area contributed by atoms with E-state index in [0.717, 1.165) is 28.8 Å². The Labute approximate surface area is 145 Å². The predicted molar refractivity (Wildman–Crippen MR) is 99.3 cm³/mol. The van der Waals surface area contributed by atoms with Gasteiger partial charge in [-0.2, -0.15) is 0 Å². The van der Waals surface area contributed by atoms with E-state index >= 15 is 0 Å². The van der Waals surface area contributed by atoms with Crippen molar-refractivity contribution in [2.75, 3.05) is 0 Å². The van der Waals surface area contributed by atoms with E-state index in [0.29, 0.717) is 17.2 Å². The minimum atomic E-state index is 0.384. The van der Waals surface area contributed by atoms with Gasteiger partial charge in [0.25, 0.3) is 0 Å². The Hall–Kier alpha value is -1.56. The van der Waals surface area contributed by atoms with E-state index in [2.05, 4.69) is 6.92 Å². The highest BCUT2D eigenvalue weighted by Crippen LogP contribution is 2.39. The molecular formula is C18H21NO2S2. The fourth-order valence-electron chi connectivity index (χ4n) is 1.40. The van der Waals surface area contributed by atoms with E-state index in [4.69, 9.17) is 5.73 Å². The number of hydrogen-bond acceptors (Lipinski definition) is 5. The Morgan fingerprint density at radius 3 is 1.57 bits per heavy atom. The Morgan fingerprint density at radius 2 is 1.26 bits per heavy atom. The van der Waals surface area contributed by atoms with E-state index in [-0.39, 0.29) is 0 Å². The first-order valence-electron chi connectivity index (χ1n) is 7.30. The second-order valence-corrected chi connectivity index (χ2v) is 7.08.